The Labute approximate surface area is 112 Å². The topological polar surface area (TPSA) is 56.7 Å². The second-order valence-corrected chi connectivity index (χ2v) is 4.99. The summed E-state index contributed by atoms with van der Waals surface area (Å²) < 4.78 is 2.14. The van der Waals surface area contributed by atoms with Crippen molar-refractivity contribution in [1.82, 2.24) is 14.5 Å². The fraction of sp³-hybridized carbons (Fsp3) is 0.333. The molecule has 2 heterocycles. The van der Waals surface area contributed by atoms with E-state index in [1.165, 1.54) is 0 Å². The molecule has 1 unspecified atom stereocenters. The van der Waals surface area contributed by atoms with Gasteiger partial charge in [0.1, 0.15) is 5.52 Å². The molecule has 4 nitrogen and oxygen atoms in total. The lowest BCUT2D eigenvalue weighted by Crippen LogP contribution is -2.08. The molecule has 2 aromatic heterocycles. The number of nitrogens with two attached hydrogens (primary N) is 1. The maximum absolute atomic E-state index is 6.10. The molecule has 0 aliphatic carbocycles. The SMILES string of the molecule is CCCC(C)n1c(N)nc2cnc3ccccc3c21. The van der Waals surface area contributed by atoms with E-state index in [4.69, 9.17) is 5.73 Å². The van der Waals surface area contributed by atoms with Crippen LogP contribution in [0.3, 0.4) is 0 Å². The molecular formula is C15H18N4. The standard InChI is InChI=1S/C15H18N4/c1-3-6-10(2)19-14-11-7-4-5-8-12(11)17-9-13(14)18-15(19)16/h4-5,7-10H,3,6H2,1-2H3,(H2,16,18). The molecule has 1 aromatic carbocycles. The summed E-state index contributed by atoms with van der Waals surface area (Å²) in [5.74, 6) is 0.578. The molecule has 0 aliphatic rings. The predicted octanol–water partition coefficient (Wildman–Crippen LogP) is 3.53. The number of imidazole rings is 1. The van der Waals surface area contributed by atoms with Crippen LogP contribution in [0.25, 0.3) is 21.9 Å². The molecule has 2 N–H and O–H groups in total. The van der Waals surface area contributed by atoms with E-state index in [0.29, 0.717) is 12.0 Å². The number of benzene rings is 1. The highest BCUT2D eigenvalue weighted by Gasteiger charge is 2.16. The number of rotatable bonds is 3. The van der Waals surface area contributed by atoms with Crippen LogP contribution in [0.15, 0.2) is 30.5 Å². The summed E-state index contributed by atoms with van der Waals surface area (Å²) in [6, 6.07) is 8.48. The number of pyridine rings is 1. The van der Waals surface area contributed by atoms with Crippen molar-refractivity contribution < 1.29 is 0 Å². The van der Waals surface area contributed by atoms with Gasteiger partial charge in [0.2, 0.25) is 5.95 Å². The Morgan fingerprint density at radius 1 is 1.26 bits per heavy atom. The average molecular weight is 254 g/mol. The summed E-state index contributed by atoms with van der Waals surface area (Å²) in [7, 11) is 0. The van der Waals surface area contributed by atoms with E-state index >= 15 is 0 Å². The Kier molecular flexibility index (Phi) is 2.85. The lowest BCUT2D eigenvalue weighted by Gasteiger charge is -2.15. The van der Waals surface area contributed by atoms with Gasteiger partial charge >= 0.3 is 0 Å². The number of anilines is 1. The summed E-state index contributed by atoms with van der Waals surface area (Å²) in [6.07, 6.45) is 4.03. The Morgan fingerprint density at radius 2 is 2.05 bits per heavy atom. The predicted molar refractivity (Wildman–Crippen MR) is 79.1 cm³/mol. The number of hydrogen-bond acceptors (Lipinski definition) is 3. The van der Waals surface area contributed by atoms with Crippen molar-refractivity contribution in [2.45, 2.75) is 32.7 Å². The van der Waals surface area contributed by atoms with Crippen LogP contribution in [0.1, 0.15) is 32.7 Å². The van der Waals surface area contributed by atoms with Crippen LogP contribution in [0, 0.1) is 0 Å². The first-order valence-corrected chi connectivity index (χ1v) is 6.73. The van der Waals surface area contributed by atoms with Gasteiger partial charge in [-0.1, -0.05) is 31.5 Å². The molecule has 0 aliphatic heterocycles. The van der Waals surface area contributed by atoms with Crippen molar-refractivity contribution in [3.63, 3.8) is 0 Å². The number of aromatic nitrogens is 3. The molecular weight excluding hydrogens is 236 g/mol. The maximum Gasteiger partial charge on any atom is 0.201 e. The summed E-state index contributed by atoms with van der Waals surface area (Å²) in [6.45, 7) is 4.38. The molecule has 98 valence electrons. The van der Waals surface area contributed by atoms with Gasteiger partial charge in [0.25, 0.3) is 0 Å². The highest BCUT2D eigenvalue weighted by atomic mass is 15.2. The minimum atomic E-state index is 0.348. The van der Waals surface area contributed by atoms with E-state index < -0.39 is 0 Å². The summed E-state index contributed by atoms with van der Waals surface area (Å²) in [5, 5.41) is 1.12. The second-order valence-electron chi connectivity index (χ2n) is 4.99. The molecule has 0 fully saturated rings. The number of nitrogens with zero attached hydrogens (tertiary/aromatic N) is 3. The zero-order valence-corrected chi connectivity index (χ0v) is 11.3. The van der Waals surface area contributed by atoms with E-state index in [1.807, 2.05) is 24.4 Å². The van der Waals surface area contributed by atoms with Crippen LogP contribution in [0.4, 0.5) is 5.95 Å². The van der Waals surface area contributed by atoms with E-state index in [-0.39, 0.29) is 0 Å². The quantitative estimate of drug-likeness (QED) is 0.778. The van der Waals surface area contributed by atoms with Gasteiger partial charge in [-0.05, 0) is 19.4 Å². The van der Waals surface area contributed by atoms with Gasteiger partial charge in [0.15, 0.2) is 0 Å². The van der Waals surface area contributed by atoms with Crippen molar-refractivity contribution in [2.75, 3.05) is 5.73 Å². The van der Waals surface area contributed by atoms with Gasteiger partial charge < -0.3 is 10.3 Å². The van der Waals surface area contributed by atoms with Crippen molar-refractivity contribution >= 4 is 27.9 Å². The molecule has 0 bridgehead atoms. The third kappa shape index (κ3) is 1.84. The third-order valence-electron chi connectivity index (χ3n) is 3.60. The summed E-state index contributed by atoms with van der Waals surface area (Å²) >= 11 is 0. The molecule has 3 rings (SSSR count). The zero-order chi connectivity index (χ0) is 13.4. The van der Waals surface area contributed by atoms with Gasteiger partial charge in [-0.25, -0.2) is 4.98 Å². The minimum absolute atomic E-state index is 0.348. The van der Waals surface area contributed by atoms with E-state index in [9.17, 15) is 0 Å². The number of hydrogen-bond donors (Lipinski definition) is 1. The van der Waals surface area contributed by atoms with E-state index in [2.05, 4.69) is 34.4 Å². The smallest absolute Gasteiger partial charge is 0.201 e. The van der Waals surface area contributed by atoms with Crippen LogP contribution >= 0.6 is 0 Å². The van der Waals surface area contributed by atoms with Crippen molar-refractivity contribution in [1.29, 1.82) is 0 Å². The molecule has 0 radical (unpaired) electrons. The number of nitrogen functional groups attached to an aromatic ring is 1. The molecule has 4 heteroatoms. The normalized spacial score (nSPS) is 13.2. The van der Waals surface area contributed by atoms with Crippen molar-refractivity contribution in [3.8, 4) is 0 Å². The molecule has 0 saturated heterocycles. The summed E-state index contributed by atoms with van der Waals surface area (Å²) in [4.78, 5) is 8.88. The van der Waals surface area contributed by atoms with Crippen LogP contribution in [0.5, 0.6) is 0 Å². The molecule has 0 saturated carbocycles. The van der Waals surface area contributed by atoms with Crippen LogP contribution < -0.4 is 5.73 Å². The van der Waals surface area contributed by atoms with E-state index in [1.54, 1.807) is 0 Å². The zero-order valence-electron chi connectivity index (χ0n) is 11.3. The Hall–Kier alpha value is -2.10. The number of para-hydroxylation sites is 1. The van der Waals surface area contributed by atoms with Crippen molar-refractivity contribution in [2.24, 2.45) is 0 Å². The Morgan fingerprint density at radius 3 is 2.84 bits per heavy atom. The van der Waals surface area contributed by atoms with Gasteiger partial charge in [0.05, 0.1) is 17.2 Å². The first-order chi connectivity index (χ1) is 9.22. The van der Waals surface area contributed by atoms with E-state index in [0.717, 1.165) is 34.8 Å². The maximum atomic E-state index is 6.10. The largest absolute Gasteiger partial charge is 0.369 e. The highest BCUT2D eigenvalue weighted by molar-refractivity contribution is 6.03. The van der Waals surface area contributed by atoms with Crippen molar-refractivity contribution in [3.05, 3.63) is 30.5 Å². The van der Waals surface area contributed by atoms with Gasteiger partial charge in [0, 0.05) is 11.4 Å². The molecule has 1 atom stereocenters. The Bertz CT molecular complexity index is 729. The van der Waals surface area contributed by atoms with Gasteiger partial charge in [-0.3, -0.25) is 4.98 Å². The van der Waals surface area contributed by atoms with Gasteiger partial charge in [-0.15, -0.1) is 0 Å². The fourth-order valence-corrected chi connectivity index (χ4v) is 2.74. The first-order valence-electron chi connectivity index (χ1n) is 6.73. The number of fused-ring (bicyclic) bond motifs is 3. The highest BCUT2D eigenvalue weighted by Crippen LogP contribution is 2.29. The van der Waals surface area contributed by atoms with Crippen LogP contribution in [-0.2, 0) is 0 Å². The van der Waals surface area contributed by atoms with Crippen LogP contribution in [0.2, 0.25) is 0 Å². The molecule has 19 heavy (non-hydrogen) atoms. The fourth-order valence-electron chi connectivity index (χ4n) is 2.74. The molecule has 0 amide bonds. The van der Waals surface area contributed by atoms with Crippen LogP contribution in [-0.4, -0.2) is 14.5 Å². The molecule has 0 spiro atoms. The lowest BCUT2D eigenvalue weighted by atomic mass is 10.1. The summed E-state index contributed by atoms with van der Waals surface area (Å²) in [5.41, 5.74) is 9.06. The van der Waals surface area contributed by atoms with Gasteiger partial charge in [-0.2, -0.15) is 0 Å². The first kappa shape index (κ1) is 12.0. The third-order valence-corrected chi connectivity index (χ3v) is 3.60. The molecule has 3 aromatic rings. The second kappa shape index (κ2) is 4.53. The average Bonchev–Trinajstić information content (AvgIpc) is 2.75. The minimum Gasteiger partial charge on any atom is -0.369 e. The Balaban J connectivity index is 2.36. The lowest BCUT2D eigenvalue weighted by molar-refractivity contribution is 0.519. The monoisotopic (exact) mass is 254 g/mol.